The van der Waals surface area contributed by atoms with Gasteiger partial charge in [0.15, 0.2) is 0 Å². The number of hydrogen-bond acceptors (Lipinski definition) is 4. The standard InChI is InChI=1S/C11H9BrN2O3/c12-8-5-6-17-11(8)7-13-9-3-1-2-4-10(9)14(15)16/h1-6,13H,7H2. The molecule has 0 atom stereocenters. The Morgan fingerprint density at radius 1 is 1.35 bits per heavy atom. The highest BCUT2D eigenvalue weighted by atomic mass is 79.9. The molecule has 1 heterocycles. The van der Waals surface area contributed by atoms with Gasteiger partial charge in [-0.1, -0.05) is 12.1 Å². The minimum absolute atomic E-state index is 0.0511. The van der Waals surface area contributed by atoms with E-state index in [1.165, 1.54) is 6.07 Å². The van der Waals surface area contributed by atoms with Gasteiger partial charge in [0.2, 0.25) is 0 Å². The Labute approximate surface area is 106 Å². The molecule has 17 heavy (non-hydrogen) atoms. The minimum Gasteiger partial charge on any atom is -0.466 e. The summed E-state index contributed by atoms with van der Waals surface area (Å²) in [5, 5.41) is 13.8. The highest BCUT2D eigenvalue weighted by Crippen LogP contribution is 2.25. The van der Waals surface area contributed by atoms with E-state index in [1.807, 2.05) is 0 Å². The summed E-state index contributed by atoms with van der Waals surface area (Å²) in [5.74, 6) is 0.697. The van der Waals surface area contributed by atoms with Gasteiger partial charge in [0, 0.05) is 6.07 Å². The molecule has 0 aliphatic heterocycles. The summed E-state index contributed by atoms with van der Waals surface area (Å²) in [7, 11) is 0. The number of halogens is 1. The quantitative estimate of drug-likeness (QED) is 0.692. The van der Waals surface area contributed by atoms with Crippen LogP contribution in [0.1, 0.15) is 5.76 Å². The monoisotopic (exact) mass is 296 g/mol. The number of nitrogens with one attached hydrogen (secondary N) is 1. The molecular weight excluding hydrogens is 288 g/mol. The number of nitro groups is 1. The Morgan fingerprint density at radius 2 is 2.12 bits per heavy atom. The highest BCUT2D eigenvalue weighted by Gasteiger charge is 2.12. The van der Waals surface area contributed by atoms with Crippen LogP contribution in [0.5, 0.6) is 0 Å². The topological polar surface area (TPSA) is 68.3 Å². The van der Waals surface area contributed by atoms with Gasteiger partial charge in [-0.2, -0.15) is 0 Å². The Hall–Kier alpha value is -1.82. The van der Waals surface area contributed by atoms with Crippen molar-refractivity contribution in [2.24, 2.45) is 0 Å². The zero-order valence-electron chi connectivity index (χ0n) is 8.72. The van der Waals surface area contributed by atoms with Crippen LogP contribution < -0.4 is 5.32 Å². The van der Waals surface area contributed by atoms with Crippen molar-refractivity contribution < 1.29 is 9.34 Å². The van der Waals surface area contributed by atoms with Gasteiger partial charge in [0.1, 0.15) is 11.4 Å². The molecule has 0 bridgehead atoms. The second-order valence-electron chi connectivity index (χ2n) is 3.32. The molecule has 0 amide bonds. The second kappa shape index (κ2) is 5.01. The molecule has 1 N–H and O–H groups in total. The molecule has 0 aliphatic rings. The first-order chi connectivity index (χ1) is 8.18. The van der Waals surface area contributed by atoms with Crippen LogP contribution in [0.25, 0.3) is 0 Å². The first-order valence-corrected chi connectivity index (χ1v) is 5.67. The van der Waals surface area contributed by atoms with Crippen LogP contribution >= 0.6 is 15.9 Å². The number of benzene rings is 1. The van der Waals surface area contributed by atoms with Crippen molar-refractivity contribution >= 4 is 27.3 Å². The van der Waals surface area contributed by atoms with Crippen molar-refractivity contribution in [2.75, 3.05) is 5.32 Å². The molecule has 1 aromatic heterocycles. The molecule has 0 spiro atoms. The third kappa shape index (κ3) is 2.65. The zero-order valence-corrected chi connectivity index (χ0v) is 10.3. The van der Waals surface area contributed by atoms with E-state index in [1.54, 1.807) is 30.5 Å². The number of rotatable bonds is 4. The lowest BCUT2D eigenvalue weighted by atomic mass is 10.2. The van der Waals surface area contributed by atoms with E-state index in [4.69, 9.17) is 4.42 Å². The van der Waals surface area contributed by atoms with E-state index < -0.39 is 4.92 Å². The van der Waals surface area contributed by atoms with Gasteiger partial charge in [-0.15, -0.1) is 0 Å². The fourth-order valence-corrected chi connectivity index (χ4v) is 1.75. The summed E-state index contributed by atoms with van der Waals surface area (Å²) in [4.78, 5) is 10.4. The second-order valence-corrected chi connectivity index (χ2v) is 4.17. The van der Waals surface area contributed by atoms with Crippen molar-refractivity contribution in [3.8, 4) is 0 Å². The van der Waals surface area contributed by atoms with Crippen LogP contribution in [0.2, 0.25) is 0 Å². The predicted octanol–water partition coefficient (Wildman–Crippen LogP) is 3.56. The molecular formula is C11H9BrN2O3. The summed E-state index contributed by atoms with van der Waals surface area (Å²) in [6, 6.07) is 8.27. The Balaban J connectivity index is 2.14. The van der Waals surface area contributed by atoms with Crippen molar-refractivity contribution in [1.29, 1.82) is 0 Å². The van der Waals surface area contributed by atoms with Crippen LogP contribution in [0.4, 0.5) is 11.4 Å². The summed E-state index contributed by atoms with van der Waals surface area (Å²) in [5.41, 5.74) is 0.524. The van der Waals surface area contributed by atoms with Gasteiger partial charge in [-0.05, 0) is 28.1 Å². The molecule has 2 rings (SSSR count). The summed E-state index contributed by atoms with van der Waals surface area (Å²) in [6.45, 7) is 0.387. The molecule has 0 aliphatic carbocycles. The number of nitrogens with zero attached hydrogens (tertiary/aromatic N) is 1. The maximum absolute atomic E-state index is 10.8. The molecule has 0 radical (unpaired) electrons. The fourth-order valence-electron chi connectivity index (χ4n) is 1.41. The molecule has 6 heteroatoms. The number of anilines is 1. The van der Waals surface area contributed by atoms with E-state index >= 15 is 0 Å². The van der Waals surface area contributed by atoms with Crippen LogP contribution in [-0.4, -0.2) is 4.92 Å². The molecule has 0 unspecified atom stereocenters. The van der Waals surface area contributed by atoms with Crippen LogP contribution in [0.3, 0.4) is 0 Å². The van der Waals surface area contributed by atoms with Gasteiger partial charge in [0.25, 0.3) is 5.69 Å². The van der Waals surface area contributed by atoms with Gasteiger partial charge in [-0.25, -0.2) is 0 Å². The fraction of sp³-hybridized carbons (Fsp3) is 0.0909. The van der Waals surface area contributed by atoms with E-state index in [0.717, 1.165) is 4.47 Å². The predicted molar refractivity (Wildman–Crippen MR) is 66.8 cm³/mol. The van der Waals surface area contributed by atoms with Crippen LogP contribution in [-0.2, 0) is 6.54 Å². The normalized spacial score (nSPS) is 10.2. The Morgan fingerprint density at radius 3 is 2.76 bits per heavy atom. The minimum atomic E-state index is -0.417. The number of furan rings is 1. The van der Waals surface area contributed by atoms with Gasteiger partial charge in [-0.3, -0.25) is 10.1 Å². The summed E-state index contributed by atoms with van der Waals surface area (Å²) >= 11 is 3.32. The Bertz CT molecular complexity index is 539. The largest absolute Gasteiger partial charge is 0.466 e. The van der Waals surface area contributed by atoms with Gasteiger partial charge in [0.05, 0.1) is 22.2 Å². The van der Waals surface area contributed by atoms with Gasteiger partial charge < -0.3 is 9.73 Å². The average molecular weight is 297 g/mol. The number of nitro benzene ring substituents is 1. The van der Waals surface area contributed by atoms with Crippen LogP contribution in [0, 0.1) is 10.1 Å². The molecule has 0 saturated carbocycles. The summed E-state index contributed by atoms with van der Waals surface area (Å²) in [6.07, 6.45) is 1.56. The molecule has 88 valence electrons. The lowest BCUT2D eigenvalue weighted by molar-refractivity contribution is -0.384. The van der Waals surface area contributed by atoms with Crippen molar-refractivity contribution in [1.82, 2.24) is 0 Å². The molecule has 1 aromatic carbocycles. The third-order valence-corrected chi connectivity index (χ3v) is 2.94. The maximum Gasteiger partial charge on any atom is 0.292 e. The van der Waals surface area contributed by atoms with Crippen LogP contribution in [0.15, 0.2) is 45.5 Å². The molecule has 2 aromatic rings. The maximum atomic E-state index is 10.8. The van der Waals surface area contributed by atoms with E-state index in [2.05, 4.69) is 21.2 Å². The first kappa shape index (κ1) is 11.7. The number of para-hydroxylation sites is 2. The average Bonchev–Trinajstić information content (AvgIpc) is 2.72. The number of hydrogen-bond donors (Lipinski definition) is 1. The van der Waals surface area contributed by atoms with Crippen molar-refractivity contribution in [3.05, 3.63) is 56.9 Å². The summed E-state index contributed by atoms with van der Waals surface area (Å²) < 4.78 is 6.04. The lowest BCUT2D eigenvalue weighted by Crippen LogP contribution is -2.02. The lowest BCUT2D eigenvalue weighted by Gasteiger charge is -2.05. The first-order valence-electron chi connectivity index (χ1n) is 4.87. The van der Waals surface area contributed by atoms with E-state index in [-0.39, 0.29) is 5.69 Å². The van der Waals surface area contributed by atoms with Crippen molar-refractivity contribution in [3.63, 3.8) is 0 Å². The van der Waals surface area contributed by atoms with E-state index in [9.17, 15) is 10.1 Å². The van der Waals surface area contributed by atoms with Crippen molar-refractivity contribution in [2.45, 2.75) is 6.54 Å². The van der Waals surface area contributed by atoms with Gasteiger partial charge >= 0.3 is 0 Å². The smallest absolute Gasteiger partial charge is 0.292 e. The molecule has 0 fully saturated rings. The SMILES string of the molecule is O=[N+]([O-])c1ccccc1NCc1occc1Br. The highest BCUT2D eigenvalue weighted by molar-refractivity contribution is 9.10. The van der Waals surface area contributed by atoms with E-state index in [0.29, 0.717) is 18.0 Å². The Kier molecular flexibility index (Phi) is 3.43. The molecule has 0 saturated heterocycles. The molecule has 5 nitrogen and oxygen atoms in total. The zero-order chi connectivity index (χ0) is 12.3. The third-order valence-electron chi connectivity index (χ3n) is 2.23.